The second-order valence-corrected chi connectivity index (χ2v) is 7.98. The molecule has 0 amide bonds. The first-order chi connectivity index (χ1) is 9.86. The van der Waals surface area contributed by atoms with Crippen LogP contribution in [0.1, 0.15) is 72.6 Å². The van der Waals surface area contributed by atoms with E-state index in [0.29, 0.717) is 18.0 Å². The molecule has 2 N–H and O–H groups in total. The Hall–Kier alpha value is -0.570. The van der Waals surface area contributed by atoms with Crippen molar-refractivity contribution in [1.82, 2.24) is 5.32 Å². The summed E-state index contributed by atoms with van der Waals surface area (Å²) in [5.41, 5.74) is -0.123. The van der Waals surface area contributed by atoms with Gasteiger partial charge in [-0.15, -0.1) is 0 Å². The summed E-state index contributed by atoms with van der Waals surface area (Å²) in [4.78, 5) is 11.5. The molecule has 2 fully saturated rings. The molecule has 0 saturated heterocycles. The molecular weight excluding hydrogens is 262 g/mol. The molecule has 0 bridgehead atoms. The van der Waals surface area contributed by atoms with Crippen LogP contribution in [-0.2, 0) is 4.79 Å². The van der Waals surface area contributed by atoms with E-state index in [9.17, 15) is 9.90 Å². The van der Waals surface area contributed by atoms with Crippen LogP contribution in [0.5, 0.6) is 0 Å². The number of nitrogens with one attached hydrogen (secondary N) is 1. The van der Waals surface area contributed by atoms with Gasteiger partial charge in [0.15, 0.2) is 0 Å². The maximum Gasteiger partial charge on any atom is 0.307 e. The molecule has 3 unspecified atom stereocenters. The van der Waals surface area contributed by atoms with E-state index < -0.39 is 5.97 Å². The Balaban J connectivity index is 1.92. The molecule has 21 heavy (non-hydrogen) atoms. The smallest absolute Gasteiger partial charge is 0.307 e. The lowest BCUT2D eigenvalue weighted by Crippen LogP contribution is -2.53. The molecule has 0 heterocycles. The Bertz CT molecular complexity index is 358. The van der Waals surface area contributed by atoms with Crippen molar-refractivity contribution >= 4 is 5.97 Å². The van der Waals surface area contributed by atoms with E-state index in [0.717, 1.165) is 18.8 Å². The number of hydrogen-bond acceptors (Lipinski definition) is 2. The van der Waals surface area contributed by atoms with Gasteiger partial charge >= 0.3 is 5.97 Å². The lowest BCUT2D eigenvalue weighted by molar-refractivity contribution is -0.150. The number of hydrogen-bond donors (Lipinski definition) is 2. The summed E-state index contributed by atoms with van der Waals surface area (Å²) in [5, 5.41) is 13.3. The molecule has 3 heteroatoms. The quantitative estimate of drug-likeness (QED) is 0.822. The second-order valence-electron chi connectivity index (χ2n) is 7.98. The Morgan fingerprint density at radius 2 is 1.76 bits per heavy atom. The number of aliphatic carboxylic acids is 1. The molecule has 2 aliphatic rings. The minimum absolute atomic E-state index is 0.123. The van der Waals surface area contributed by atoms with Crippen LogP contribution in [0.4, 0.5) is 0 Å². The van der Waals surface area contributed by atoms with Gasteiger partial charge in [0.25, 0.3) is 0 Å². The summed E-state index contributed by atoms with van der Waals surface area (Å²) < 4.78 is 0. The van der Waals surface area contributed by atoms with Crippen LogP contribution < -0.4 is 5.32 Å². The molecular formula is C18H33NO2. The van der Waals surface area contributed by atoms with E-state index in [4.69, 9.17) is 0 Å². The van der Waals surface area contributed by atoms with Crippen molar-refractivity contribution in [2.75, 3.05) is 0 Å². The topological polar surface area (TPSA) is 49.3 Å². The summed E-state index contributed by atoms with van der Waals surface area (Å²) in [6.45, 7) is 8.82. The number of rotatable bonds is 4. The highest BCUT2D eigenvalue weighted by Crippen LogP contribution is 2.45. The van der Waals surface area contributed by atoms with E-state index in [1.165, 1.54) is 32.1 Å². The van der Waals surface area contributed by atoms with Gasteiger partial charge in [0.1, 0.15) is 0 Å². The van der Waals surface area contributed by atoms with Crippen LogP contribution in [0, 0.1) is 23.2 Å². The van der Waals surface area contributed by atoms with Crippen LogP contribution in [0.25, 0.3) is 0 Å². The molecule has 0 spiro atoms. The fourth-order valence-electron chi connectivity index (χ4n) is 4.51. The van der Waals surface area contributed by atoms with Crippen molar-refractivity contribution in [2.45, 2.75) is 84.7 Å². The van der Waals surface area contributed by atoms with Crippen molar-refractivity contribution in [3.63, 3.8) is 0 Å². The van der Waals surface area contributed by atoms with Crippen LogP contribution in [0.15, 0.2) is 0 Å². The lowest BCUT2D eigenvalue weighted by Gasteiger charge is -2.48. The summed E-state index contributed by atoms with van der Waals surface area (Å²) in [5.74, 6) is 0.533. The van der Waals surface area contributed by atoms with Crippen molar-refractivity contribution in [2.24, 2.45) is 23.2 Å². The second kappa shape index (κ2) is 6.68. The van der Waals surface area contributed by atoms with Gasteiger partial charge in [-0.05, 0) is 55.8 Å². The van der Waals surface area contributed by atoms with Gasteiger partial charge in [0.2, 0.25) is 0 Å². The minimum atomic E-state index is -0.617. The number of carboxylic acid groups (broad SMARTS) is 1. The van der Waals surface area contributed by atoms with Gasteiger partial charge in [-0.2, -0.15) is 0 Å². The lowest BCUT2D eigenvalue weighted by atomic mass is 9.61. The standard InChI is InChI=1S/C18H33NO2/c1-5-13-6-8-14(9-7-13)19-16-11-10-15(17(20)21)18(3,4)12(16)2/h12-16,19H,5-11H2,1-4H3,(H,20,21). The molecule has 0 radical (unpaired) electrons. The van der Waals surface area contributed by atoms with E-state index in [1.807, 2.05) is 0 Å². The Morgan fingerprint density at radius 1 is 1.14 bits per heavy atom. The third-order valence-electron chi connectivity index (χ3n) is 6.61. The van der Waals surface area contributed by atoms with E-state index in [2.05, 4.69) is 33.0 Å². The van der Waals surface area contributed by atoms with E-state index >= 15 is 0 Å². The third kappa shape index (κ3) is 3.61. The Labute approximate surface area is 129 Å². The predicted molar refractivity (Wildman–Crippen MR) is 86.3 cm³/mol. The zero-order valence-corrected chi connectivity index (χ0v) is 14.2. The normalized spacial score (nSPS) is 39.9. The SMILES string of the molecule is CCC1CCC(NC2CCC(C(=O)O)C(C)(C)C2C)CC1. The summed E-state index contributed by atoms with van der Waals surface area (Å²) in [6, 6.07) is 1.14. The predicted octanol–water partition coefficient (Wildman–Crippen LogP) is 4.07. The maximum atomic E-state index is 11.5. The molecule has 122 valence electrons. The van der Waals surface area contributed by atoms with Crippen molar-refractivity contribution in [1.29, 1.82) is 0 Å². The molecule has 3 atom stereocenters. The number of carbonyl (C=O) groups is 1. The molecule has 2 aliphatic carbocycles. The molecule has 3 nitrogen and oxygen atoms in total. The average molecular weight is 295 g/mol. The highest BCUT2D eigenvalue weighted by Gasteiger charge is 2.46. The zero-order chi connectivity index (χ0) is 15.6. The van der Waals surface area contributed by atoms with Crippen LogP contribution in [0.2, 0.25) is 0 Å². The highest BCUT2D eigenvalue weighted by molar-refractivity contribution is 5.71. The molecule has 0 aliphatic heterocycles. The minimum Gasteiger partial charge on any atom is -0.481 e. The highest BCUT2D eigenvalue weighted by atomic mass is 16.4. The van der Waals surface area contributed by atoms with Crippen molar-refractivity contribution in [3.8, 4) is 0 Å². The van der Waals surface area contributed by atoms with Crippen LogP contribution in [-0.4, -0.2) is 23.2 Å². The largest absolute Gasteiger partial charge is 0.481 e. The van der Waals surface area contributed by atoms with Crippen molar-refractivity contribution < 1.29 is 9.90 Å². The molecule has 2 rings (SSSR count). The first-order valence-electron chi connectivity index (χ1n) is 8.85. The van der Waals surface area contributed by atoms with Gasteiger partial charge < -0.3 is 10.4 Å². The number of carboxylic acids is 1. The summed E-state index contributed by atoms with van der Waals surface area (Å²) >= 11 is 0. The zero-order valence-electron chi connectivity index (χ0n) is 14.2. The molecule has 0 aromatic rings. The summed E-state index contributed by atoms with van der Waals surface area (Å²) in [6.07, 6.45) is 8.45. The fourth-order valence-corrected chi connectivity index (χ4v) is 4.51. The van der Waals surface area contributed by atoms with Crippen LogP contribution in [0.3, 0.4) is 0 Å². The summed E-state index contributed by atoms with van der Waals surface area (Å²) in [7, 11) is 0. The van der Waals surface area contributed by atoms with Gasteiger partial charge in [-0.1, -0.05) is 34.1 Å². The Morgan fingerprint density at radius 3 is 2.29 bits per heavy atom. The first kappa shape index (κ1) is 16.8. The monoisotopic (exact) mass is 295 g/mol. The van der Waals surface area contributed by atoms with Crippen LogP contribution >= 0.6 is 0 Å². The fraction of sp³-hybridized carbons (Fsp3) is 0.944. The molecule has 2 saturated carbocycles. The van der Waals surface area contributed by atoms with Gasteiger partial charge in [-0.3, -0.25) is 4.79 Å². The Kier molecular flexibility index (Phi) is 5.34. The van der Waals surface area contributed by atoms with Gasteiger partial charge in [0.05, 0.1) is 5.92 Å². The third-order valence-corrected chi connectivity index (χ3v) is 6.61. The van der Waals surface area contributed by atoms with E-state index in [-0.39, 0.29) is 11.3 Å². The van der Waals surface area contributed by atoms with Gasteiger partial charge in [-0.25, -0.2) is 0 Å². The first-order valence-corrected chi connectivity index (χ1v) is 8.85. The maximum absolute atomic E-state index is 11.5. The van der Waals surface area contributed by atoms with Crippen molar-refractivity contribution in [3.05, 3.63) is 0 Å². The molecule has 0 aromatic heterocycles. The van der Waals surface area contributed by atoms with Gasteiger partial charge in [0, 0.05) is 12.1 Å². The molecule has 0 aromatic carbocycles. The average Bonchev–Trinajstić information content (AvgIpc) is 2.44. The van der Waals surface area contributed by atoms with E-state index in [1.54, 1.807) is 0 Å².